The number of hydrogen-bond donors (Lipinski definition) is 2. The molecule has 2 atom stereocenters. The van der Waals surface area contributed by atoms with Gasteiger partial charge >= 0.3 is 0 Å². The molecular formula is C15H21FN2O. The van der Waals surface area contributed by atoms with Gasteiger partial charge in [0.15, 0.2) is 0 Å². The molecule has 0 aliphatic carbocycles. The molecule has 0 amide bonds. The van der Waals surface area contributed by atoms with Crippen molar-refractivity contribution in [2.75, 3.05) is 31.6 Å². The second kappa shape index (κ2) is 5.00. The van der Waals surface area contributed by atoms with Crippen molar-refractivity contribution in [3.8, 4) is 5.75 Å². The van der Waals surface area contributed by atoms with Gasteiger partial charge in [-0.05, 0) is 44.3 Å². The molecule has 0 aromatic heterocycles. The van der Waals surface area contributed by atoms with Crippen molar-refractivity contribution < 1.29 is 9.50 Å². The molecule has 2 aliphatic heterocycles. The van der Waals surface area contributed by atoms with E-state index in [-0.39, 0.29) is 11.6 Å². The second-order valence-corrected chi connectivity index (χ2v) is 5.88. The number of fused-ring (bicyclic) bond motifs is 1. The van der Waals surface area contributed by atoms with Crippen LogP contribution in [-0.4, -0.2) is 31.8 Å². The monoisotopic (exact) mass is 264 g/mol. The van der Waals surface area contributed by atoms with Crippen LogP contribution in [0, 0.1) is 11.7 Å². The third-order valence-corrected chi connectivity index (χ3v) is 4.43. The number of rotatable bonds is 2. The Hall–Kier alpha value is -1.29. The highest BCUT2D eigenvalue weighted by Gasteiger charge is 2.32. The number of hydrogen-bond acceptors (Lipinski definition) is 3. The molecule has 0 radical (unpaired) electrons. The quantitative estimate of drug-likeness (QED) is 0.861. The van der Waals surface area contributed by atoms with E-state index in [0.717, 1.165) is 37.3 Å². The zero-order chi connectivity index (χ0) is 13.4. The minimum absolute atomic E-state index is 0.119. The van der Waals surface area contributed by atoms with Crippen LogP contribution in [0.3, 0.4) is 0 Å². The molecule has 0 spiro atoms. The number of phenolic OH excluding ortho intramolecular Hbond substituents is 1. The summed E-state index contributed by atoms with van der Waals surface area (Å²) >= 11 is 0. The SMILES string of the molecule is CN1CC(C[C@H]2CCCNC2)c2c(O)cc(F)cc21. The van der Waals surface area contributed by atoms with E-state index in [0.29, 0.717) is 11.8 Å². The summed E-state index contributed by atoms with van der Waals surface area (Å²) in [7, 11) is 1.97. The Balaban J connectivity index is 1.82. The molecule has 1 unspecified atom stereocenters. The number of nitrogens with zero attached hydrogens (tertiary/aromatic N) is 1. The van der Waals surface area contributed by atoms with Crippen molar-refractivity contribution in [1.82, 2.24) is 5.32 Å². The van der Waals surface area contributed by atoms with Crippen LogP contribution in [0.5, 0.6) is 5.75 Å². The third-order valence-electron chi connectivity index (χ3n) is 4.43. The van der Waals surface area contributed by atoms with Crippen LogP contribution in [-0.2, 0) is 0 Å². The molecule has 4 heteroatoms. The molecule has 1 aromatic carbocycles. The fourth-order valence-corrected chi connectivity index (χ4v) is 3.56. The highest BCUT2D eigenvalue weighted by Crippen LogP contribution is 2.44. The van der Waals surface area contributed by atoms with Crippen molar-refractivity contribution >= 4 is 5.69 Å². The lowest BCUT2D eigenvalue weighted by Gasteiger charge is -2.25. The number of anilines is 1. The standard InChI is InChI=1S/C15H21FN2O/c1-18-9-11(5-10-3-2-4-17-8-10)15-13(18)6-12(16)7-14(15)19/h6-7,10-11,17,19H,2-5,8-9H2,1H3/t10-,11?/m1/s1. The third kappa shape index (κ3) is 2.41. The summed E-state index contributed by atoms with van der Waals surface area (Å²) < 4.78 is 13.4. The van der Waals surface area contributed by atoms with Gasteiger partial charge in [0.05, 0.1) is 0 Å². The average molecular weight is 264 g/mol. The van der Waals surface area contributed by atoms with Crippen molar-refractivity contribution in [3.05, 3.63) is 23.5 Å². The van der Waals surface area contributed by atoms with Gasteiger partial charge in [0, 0.05) is 36.8 Å². The lowest BCUT2D eigenvalue weighted by molar-refractivity contribution is 0.336. The number of aromatic hydroxyl groups is 1. The highest BCUT2D eigenvalue weighted by atomic mass is 19.1. The topological polar surface area (TPSA) is 35.5 Å². The number of nitrogens with one attached hydrogen (secondary N) is 1. The molecule has 3 nitrogen and oxygen atoms in total. The van der Waals surface area contributed by atoms with E-state index in [1.807, 2.05) is 7.05 Å². The number of piperidine rings is 1. The van der Waals surface area contributed by atoms with Gasteiger partial charge in [-0.1, -0.05) is 0 Å². The van der Waals surface area contributed by atoms with Crippen molar-refractivity contribution in [2.45, 2.75) is 25.2 Å². The number of phenols is 1. The smallest absolute Gasteiger partial charge is 0.128 e. The maximum absolute atomic E-state index is 13.4. The normalized spacial score (nSPS) is 26.5. The van der Waals surface area contributed by atoms with E-state index in [2.05, 4.69) is 10.2 Å². The first-order valence-electron chi connectivity index (χ1n) is 7.09. The lowest BCUT2D eigenvalue weighted by atomic mass is 9.86. The summed E-state index contributed by atoms with van der Waals surface area (Å²) in [5, 5.41) is 13.5. The molecule has 0 saturated carbocycles. The Kier molecular flexibility index (Phi) is 3.35. The van der Waals surface area contributed by atoms with Gasteiger partial charge in [-0.2, -0.15) is 0 Å². The molecule has 2 N–H and O–H groups in total. The van der Waals surface area contributed by atoms with E-state index in [9.17, 15) is 9.50 Å². The Morgan fingerprint density at radius 3 is 3.05 bits per heavy atom. The van der Waals surface area contributed by atoms with E-state index < -0.39 is 0 Å². The number of halogens is 1. The lowest BCUT2D eigenvalue weighted by Crippen LogP contribution is -2.31. The first-order chi connectivity index (χ1) is 9.15. The van der Waals surface area contributed by atoms with Crippen LogP contribution in [0.25, 0.3) is 0 Å². The van der Waals surface area contributed by atoms with Gasteiger partial charge in [0.25, 0.3) is 0 Å². The van der Waals surface area contributed by atoms with Crippen molar-refractivity contribution in [3.63, 3.8) is 0 Å². The minimum atomic E-state index is -0.358. The Labute approximate surface area is 113 Å². The van der Waals surface area contributed by atoms with E-state index in [1.165, 1.54) is 25.0 Å². The zero-order valence-electron chi connectivity index (χ0n) is 11.3. The first kappa shape index (κ1) is 12.7. The van der Waals surface area contributed by atoms with Crippen LogP contribution < -0.4 is 10.2 Å². The Morgan fingerprint density at radius 2 is 2.32 bits per heavy atom. The Morgan fingerprint density at radius 1 is 1.47 bits per heavy atom. The van der Waals surface area contributed by atoms with Crippen LogP contribution in [0.1, 0.15) is 30.7 Å². The van der Waals surface area contributed by atoms with Gasteiger partial charge < -0.3 is 15.3 Å². The molecule has 1 aromatic rings. The summed E-state index contributed by atoms with van der Waals surface area (Å²) in [5.74, 6) is 0.754. The van der Waals surface area contributed by atoms with E-state index in [1.54, 1.807) is 0 Å². The second-order valence-electron chi connectivity index (χ2n) is 5.88. The van der Waals surface area contributed by atoms with Gasteiger partial charge in [-0.3, -0.25) is 0 Å². The van der Waals surface area contributed by atoms with E-state index >= 15 is 0 Å². The predicted molar refractivity (Wildman–Crippen MR) is 74.3 cm³/mol. The fraction of sp³-hybridized carbons (Fsp3) is 0.600. The molecular weight excluding hydrogens is 243 g/mol. The van der Waals surface area contributed by atoms with Gasteiger partial charge in [-0.25, -0.2) is 4.39 Å². The molecule has 0 bridgehead atoms. The maximum atomic E-state index is 13.4. The highest BCUT2D eigenvalue weighted by molar-refractivity contribution is 5.64. The number of likely N-dealkylation sites (N-methyl/N-ethyl adjacent to an activating group) is 1. The Bertz CT molecular complexity index is 471. The predicted octanol–water partition coefficient (Wildman–Crippen LogP) is 2.45. The molecule has 1 saturated heterocycles. The summed E-state index contributed by atoms with van der Waals surface area (Å²) in [4.78, 5) is 2.05. The molecule has 3 rings (SSSR count). The molecule has 2 aliphatic rings. The van der Waals surface area contributed by atoms with Crippen molar-refractivity contribution in [2.24, 2.45) is 5.92 Å². The van der Waals surface area contributed by atoms with Gasteiger partial charge in [-0.15, -0.1) is 0 Å². The molecule has 104 valence electrons. The van der Waals surface area contributed by atoms with Crippen LogP contribution in [0.4, 0.5) is 10.1 Å². The molecule has 2 heterocycles. The largest absolute Gasteiger partial charge is 0.507 e. The molecule has 1 fully saturated rings. The maximum Gasteiger partial charge on any atom is 0.128 e. The van der Waals surface area contributed by atoms with Crippen LogP contribution in [0.15, 0.2) is 12.1 Å². The van der Waals surface area contributed by atoms with Gasteiger partial charge in [0.1, 0.15) is 11.6 Å². The molecule has 19 heavy (non-hydrogen) atoms. The summed E-state index contributed by atoms with van der Waals surface area (Å²) in [6.07, 6.45) is 3.56. The van der Waals surface area contributed by atoms with Crippen molar-refractivity contribution in [1.29, 1.82) is 0 Å². The van der Waals surface area contributed by atoms with Crippen LogP contribution in [0.2, 0.25) is 0 Å². The zero-order valence-corrected chi connectivity index (χ0v) is 11.3. The summed E-state index contributed by atoms with van der Waals surface area (Å²) in [6.45, 7) is 3.06. The van der Waals surface area contributed by atoms with E-state index in [4.69, 9.17) is 0 Å². The minimum Gasteiger partial charge on any atom is -0.507 e. The summed E-state index contributed by atoms with van der Waals surface area (Å²) in [6, 6.07) is 2.78. The van der Waals surface area contributed by atoms with Gasteiger partial charge in [0.2, 0.25) is 0 Å². The average Bonchev–Trinajstić information content (AvgIpc) is 2.67. The number of benzene rings is 1. The first-order valence-corrected chi connectivity index (χ1v) is 7.09. The summed E-state index contributed by atoms with van der Waals surface area (Å²) in [5.41, 5.74) is 1.79. The van der Waals surface area contributed by atoms with Crippen LogP contribution >= 0.6 is 0 Å². The fourth-order valence-electron chi connectivity index (χ4n) is 3.56.